The Kier molecular flexibility index (Phi) is 3.89. The molecule has 0 bridgehead atoms. The first-order valence-electron chi connectivity index (χ1n) is 6.30. The van der Waals surface area contributed by atoms with E-state index < -0.39 is 0 Å². The van der Waals surface area contributed by atoms with E-state index in [0.717, 1.165) is 30.1 Å². The summed E-state index contributed by atoms with van der Waals surface area (Å²) in [5.41, 5.74) is 1.65. The van der Waals surface area contributed by atoms with Crippen LogP contribution in [-0.2, 0) is 19.5 Å². The van der Waals surface area contributed by atoms with Crippen LogP contribution in [0.25, 0.3) is 11.2 Å². The monoisotopic (exact) mass is 309 g/mol. The molecule has 0 spiro atoms. The Balaban J connectivity index is 1.95. The fourth-order valence-corrected chi connectivity index (χ4v) is 2.50. The number of aromatic nitrogens is 5. The molecule has 0 aromatic carbocycles. The Bertz CT molecular complexity index is 705. The predicted molar refractivity (Wildman–Crippen MR) is 79.2 cm³/mol. The zero-order chi connectivity index (χ0) is 13.9. The van der Waals surface area contributed by atoms with Gasteiger partial charge in [0.15, 0.2) is 5.65 Å². The third kappa shape index (κ3) is 2.64. The molecule has 0 unspecified atom stereocenters. The number of hydrogen-bond acceptors (Lipinski definition) is 3. The maximum Gasteiger partial charge on any atom is 0.160 e. The SMILES string of the molecule is ClCCc1nc2cc(Cl)cnc2n1CCn1ccnc1. The molecule has 0 saturated carbocycles. The van der Waals surface area contributed by atoms with Crippen LogP contribution in [0.4, 0.5) is 0 Å². The van der Waals surface area contributed by atoms with E-state index >= 15 is 0 Å². The van der Waals surface area contributed by atoms with Crippen LogP contribution in [0.15, 0.2) is 31.0 Å². The second kappa shape index (κ2) is 5.81. The molecule has 0 N–H and O–H groups in total. The second-order valence-electron chi connectivity index (χ2n) is 4.42. The lowest BCUT2D eigenvalue weighted by molar-refractivity contribution is 0.569. The van der Waals surface area contributed by atoms with Gasteiger partial charge in [0.2, 0.25) is 0 Å². The highest BCUT2D eigenvalue weighted by molar-refractivity contribution is 6.31. The van der Waals surface area contributed by atoms with Gasteiger partial charge < -0.3 is 9.13 Å². The van der Waals surface area contributed by atoms with Crippen molar-refractivity contribution in [3.8, 4) is 0 Å². The molecule has 0 amide bonds. The summed E-state index contributed by atoms with van der Waals surface area (Å²) in [6.07, 6.45) is 7.85. The molecular weight excluding hydrogens is 297 g/mol. The Morgan fingerprint density at radius 3 is 2.90 bits per heavy atom. The molecule has 0 saturated heterocycles. The molecular formula is C13H13Cl2N5. The van der Waals surface area contributed by atoms with Gasteiger partial charge in [-0.05, 0) is 6.07 Å². The van der Waals surface area contributed by atoms with Gasteiger partial charge in [-0.1, -0.05) is 11.6 Å². The number of nitrogens with zero attached hydrogens (tertiary/aromatic N) is 5. The number of aryl methyl sites for hydroxylation is 3. The van der Waals surface area contributed by atoms with Crippen LogP contribution in [0.3, 0.4) is 0 Å². The number of imidazole rings is 2. The van der Waals surface area contributed by atoms with Crippen LogP contribution in [0.2, 0.25) is 5.02 Å². The summed E-state index contributed by atoms with van der Waals surface area (Å²) in [6, 6.07) is 1.83. The van der Waals surface area contributed by atoms with Crippen molar-refractivity contribution in [1.29, 1.82) is 0 Å². The van der Waals surface area contributed by atoms with E-state index in [1.54, 1.807) is 18.7 Å². The zero-order valence-corrected chi connectivity index (χ0v) is 12.2. The zero-order valence-electron chi connectivity index (χ0n) is 10.7. The van der Waals surface area contributed by atoms with Crippen molar-refractivity contribution in [3.63, 3.8) is 0 Å². The lowest BCUT2D eigenvalue weighted by Crippen LogP contribution is -2.10. The highest BCUT2D eigenvalue weighted by atomic mass is 35.5. The molecule has 0 aliphatic heterocycles. The standard InChI is InChI=1S/C13H13Cl2N5/c14-2-1-12-18-11-7-10(15)8-17-13(11)20(12)6-5-19-4-3-16-9-19/h3-4,7-9H,1-2,5-6H2. The van der Waals surface area contributed by atoms with Gasteiger partial charge in [0.25, 0.3) is 0 Å². The topological polar surface area (TPSA) is 48.5 Å². The largest absolute Gasteiger partial charge is 0.336 e. The second-order valence-corrected chi connectivity index (χ2v) is 5.23. The molecule has 0 radical (unpaired) electrons. The van der Waals surface area contributed by atoms with Gasteiger partial charge in [0.05, 0.1) is 11.3 Å². The van der Waals surface area contributed by atoms with Crippen LogP contribution in [0, 0.1) is 0 Å². The molecule has 104 valence electrons. The van der Waals surface area contributed by atoms with Crippen LogP contribution in [-0.4, -0.2) is 30.0 Å². The number of halogens is 2. The van der Waals surface area contributed by atoms with Crippen molar-refractivity contribution in [2.45, 2.75) is 19.5 Å². The van der Waals surface area contributed by atoms with Crippen molar-refractivity contribution in [3.05, 3.63) is 41.8 Å². The Morgan fingerprint density at radius 2 is 2.15 bits per heavy atom. The third-order valence-electron chi connectivity index (χ3n) is 3.09. The first-order valence-corrected chi connectivity index (χ1v) is 7.21. The number of rotatable bonds is 5. The molecule has 3 heterocycles. The van der Waals surface area contributed by atoms with E-state index in [1.807, 2.05) is 16.8 Å². The van der Waals surface area contributed by atoms with E-state index in [9.17, 15) is 0 Å². The van der Waals surface area contributed by atoms with Crippen molar-refractivity contribution in [1.82, 2.24) is 24.1 Å². The summed E-state index contributed by atoms with van der Waals surface area (Å²) in [7, 11) is 0. The third-order valence-corrected chi connectivity index (χ3v) is 3.49. The minimum absolute atomic E-state index is 0.530. The molecule has 20 heavy (non-hydrogen) atoms. The maximum atomic E-state index is 5.97. The van der Waals surface area contributed by atoms with Crippen LogP contribution in [0.1, 0.15) is 5.82 Å². The van der Waals surface area contributed by atoms with E-state index in [4.69, 9.17) is 23.2 Å². The van der Waals surface area contributed by atoms with Crippen LogP contribution in [0.5, 0.6) is 0 Å². The van der Waals surface area contributed by atoms with Crippen molar-refractivity contribution in [2.24, 2.45) is 0 Å². The summed E-state index contributed by atoms with van der Waals surface area (Å²) in [5, 5.41) is 0.592. The minimum atomic E-state index is 0.530. The van der Waals surface area contributed by atoms with Gasteiger partial charge >= 0.3 is 0 Å². The predicted octanol–water partition coefficient (Wildman–Crippen LogP) is 2.76. The van der Waals surface area contributed by atoms with Crippen LogP contribution >= 0.6 is 23.2 Å². The van der Waals surface area contributed by atoms with Gasteiger partial charge in [-0.15, -0.1) is 11.6 Å². The highest BCUT2D eigenvalue weighted by Crippen LogP contribution is 2.18. The van der Waals surface area contributed by atoms with E-state index in [-0.39, 0.29) is 0 Å². The number of alkyl halides is 1. The fraction of sp³-hybridized carbons (Fsp3) is 0.308. The fourth-order valence-electron chi connectivity index (χ4n) is 2.18. The van der Waals surface area contributed by atoms with Gasteiger partial charge in [0, 0.05) is 44.0 Å². The lowest BCUT2D eigenvalue weighted by atomic mass is 10.4. The molecule has 3 aromatic heterocycles. The average Bonchev–Trinajstić information content (AvgIpc) is 3.04. The normalized spacial score (nSPS) is 11.3. The summed E-state index contributed by atoms with van der Waals surface area (Å²) >= 11 is 11.8. The smallest absolute Gasteiger partial charge is 0.160 e. The number of pyridine rings is 1. The summed E-state index contributed by atoms with van der Waals surface area (Å²) in [6.45, 7) is 1.58. The highest BCUT2D eigenvalue weighted by Gasteiger charge is 2.11. The van der Waals surface area contributed by atoms with Crippen LogP contribution < -0.4 is 0 Å². The van der Waals surface area contributed by atoms with E-state index in [1.165, 1.54) is 0 Å². The molecule has 0 aliphatic carbocycles. The minimum Gasteiger partial charge on any atom is -0.336 e. The summed E-state index contributed by atoms with van der Waals surface area (Å²) < 4.78 is 4.11. The Labute approximate surface area is 126 Å². The van der Waals surface area contributed by atoms with Gasteiger partial charge in [0.1, 0.15) is 11.3 Å². The van der Waals surface area contributed by atoms with Crippen molar-refractivity contribution >= 4 is 34.4 Å². The number of hydrogen-bond donors (Lipinski definition) is 0. The maximum absolute atomic E-state index is 5.97. The lowest BCUT2D eigenvalue weighted by Gasteiger charge is -2.08. The quantitative estimate of drug-likeness (QED) is 0.681. The van der Waals surface area contributed by atoms with E-state index in [0.29, 0.717) is 17.3 Å². The molecule has 3 aromatic rings. The Morgan fingerprint density at radius 1 is 1.25 bits per heavy atom. The average molecular weight is 310 g/mol. The van der Waals surface area contributed by atoms with Gasteiger partial charge in [-0.2, -0.15) is 0 Å². The van der Waals surface area contributed by atoms with Crippen molar-refractivity contribution in [2.75, 3.05) is 5.88 Å². The molecule has 0 aliphatic rings. The molecule has 7 heteroatoms. The first kappa shape index (κ1) is 13.4. The molecule has 5 nitrogen and oxygen atoms in total. The van der Waals surface area contributed by atoms with E-state index in [2.05, 4.69) is 19.5 Å². The first-order chi connectivity index (χ1) is 9.78. The summed E-state index contributed by atoms with van der Waals surface area (Å²) in [4.78, 5) is 13.0. The summed E-state index contributed by atoms with van der Waals surface area (Å²) in [5.74, 6) is 1.46. The molecule has 3 rings (SSSR count). The molecule has 0 fully saturated rings. The Hall–Kier alpha value is -1.59. The van der Waals surface area contributed by atoms with Crippen molar-refractivity contribution < 1.29 is 0 Å². The van der Waals surface area contributed by atoms with Gasteiger partial charge in [-0.25, -0.2) is 15.0 Å². The number of fused-ring (bicyclic) bond motifs is 1. The van der Waals surface area contributed by atoms with Gasteiger partial charge in [-0.3, -0.25) is 0 Å². The molecule has 0 atom stereocenters.